The third-order valence-corrected chi connectivity index (χ3v) is 5.74. The Morgan fingerprint density at radius 1 is 1.24 bits per heavy atom. The molecule has 11 heteroatoms. The fourth-order valence-corrected chi connectivity index (χ4v) is 4.06. The Morgan fingerprint density at radius 2 is 1.92 bits per heavy atom. The number of hydrogen-bond donors (Lipinski definition) is 1. The van der Waals surface area contributed by atoms with E-state index in [2.05, 4.69) is 5.10 Å². The maximum absolute atomic E-state index is 12.7. The summed E-state index contributed by atoms with van der Waals surface area (Å²) in [5.74, 6) is 0. The van der Waals surface area contributed by atoms with Gasteiger partial charge in [-0.05, 0) is 19.1 Å². The van der Waals surface area contributed by atoms with Gasteiger partial charge in [0.05, 0.1) is 23.0 Å². The molecule has 10 nitrogen and oxygen atoms in total. The molecule has 2 heterocycles. The minimum atomic E-state index is -3.87. The van der Waals surface area contributed by atoms with Crippen LogP contribution in [0.15, 0.2) is 34.0 Å². The number of nitro benzene ring substituents is 1. The van der Waals surface area contributed by atoms with Crippen LogP contribution in [0.25, 0.3) is 5.69 Å². The number of aryl methyl sites for hydroxylation is 1. The summed E-state index contributed by atoms with van der Waals surface area (Å²) in [7, 11) is -3.87. The Morgan fingerprint density at radius 3 is 2.48 bits per heavy atom. The molecule has 2 aromatic rings. The number of morpholine rings is 1. The van der Waals surface area contributed by atoms with Crippen molar-refractivity contribution in [3.63, 3.8) is 0 Å². The van der Waals surface area contributed by atoms with E-state index < -0.39 is 26.2 Å². The predicted molar refractivity (Wildman–Crippen MR) is 87.4 cm³/mol. The van der Waals surface area contributed by atoms with Crippen LogP contribution in [0.3, 0.4) is 0 Å². The van der Waals surface area contributed by atoms with Crippen LogP contribution < -0.4 is 5.56 Å². The highest BCUT2D eigenvalue weighted by Crippen LogP contribution is 2.27. The van der Waals surface area contributed by atoms with Gasteiger partial charge in [-0.25, -0.2) is 13.1 Å². The number of ether oxygens (including phenoxy) is 1. The van der Waals surface area contributed by atoms with E-state index in [0.717, 1.165) is 10.7 Å². The minimum Gasteiger partial charge on any atom is -0.379 e. The van der Waals surface area contributed by atoms with Crippen LogP contribution in [0.5, 0.6) is 0 Å². The second-order valence-electron chi connectivity index (χ2n) is 5.54. The fraction of sp³-hybridized carbons (Fsp3) is 0.357. The van der Waals surface area contributed by atoms with Gasteiger partial charge >= 0.3 is 0 Å². The van der Waals surface area contributed by atoms with E-state index in [1.165, 1.54) is 22.5 Å². The normalized spacial score (nSPS) is 16.0. The van der Waals surface area contributed by atoms with Crippen molar-refractivity contribution in [3.05, 3.63) is 50.4 Å². The summed E-state index contributed by atoms with van der Waals surface area (Å²) in [4.78, 5) is 22.4. The Balaban J connectivity index is 2.10. The van der Waals surface area contributed by atoms with Crippen molar-refractivity contribution >= 4 is 15.7 Å². The molecule has 1 aromatic heterocycles. The van der Waals surface area contributed by atoms with Gasteiger partial charge in [0.2, 0.25) is 10.0 Å². The summed E-state index contributed by atoms with van der Waals surface area (Å²) in [6, 6.07) is 4.78. The Labute approximate surface area is 142 Å². The van der Waals surface area contributed by atoms with Crippen LogP contribution in [0.2, 0.25) is 0 Å². The lowest BCUT2D eigenvalue weighted by molar-refractivity contribution is -0.384. The van der Waals surface area contributed by atoms with Gasteiger partial charge in [0.25, 0.3) is 11.2 Å². The highest BCUT2D eigenvalue weighted by Gasteiger charge is 2.29. The topological polar surface area (TPSA) is 128 Å². The highest BCUT2D eigenvalue weighted by molar-refractivity contribution is 7.89. The molecule has 0 spiro atoms. The van der Waals surface area contributed by atoms with E-state index in [0.29, 0.717) is 5.69 Å². The molecule has 1 fully saturated rings. The molecular formula is C14H16N4O6S. The zero-order chi connectivity index (χ0) is 18.2. The summed E-state index contributed by atoms with van der Waals surface area (Å²) in [5, 5.41) is 14.1. The van der Waals surface area contributed by atoms with Crippen LogP contribution in [-0.4, -0.2) is 53.7 Å². The Hall–Kier alpha value is -2.50. The van der Waals surface area contributed by atoms with Gasteiger partial charge in [0.1, 0.15) is 5.69 Å². The number of sulfonamides is 1. The van der Waals surface area contributed by atoms with Crippen molar-refractivity contribution in [1.29, 1.82) is 0 Å². The van der Waals surface area contributed by atoms with Crippen molar-refractivity contribution < 1.29 is 18.1 Å². The van der Waals surface area contributed by atoms with Crippen molar-refractivity contribution in [2.75, 3.05) is 26.3 Å². The van der Waals surface area contributed by atoms with E-state index in [9.17, 15) is 23.3 Å². The number of H-pyrrole nitrogens is 1. The molecule has 134 valence electrons. The van der Waals surface area contributed by atoms with E-state index in [1.807, 2.05) is 0 Å². The Kier molecular flexibility index (Phi) is 4.45. The lowest BCUT2D eigenvalue weighted by atomic mass is 10.2. The number of rotatable bonds is 4. The van der Waals surface area contributed by atoms with Crippen LogP contribution in [0.4, 0.5) is 5.69 Å². The SMILES string of the molecule is Cc1cc(=O)n(-c2ccc(S(=O)(=O)N3CCOCC3)cc2[N+](=O)[O-])[nH]1. The Bertz CT molecular complexity index is 971. The first-order valence-corrected chi connectivity index (χ1v) is 8.90. The zero-order valence-electron chi connectivity index (χ0n) is 13.3. The van der Waals surface area contributed by atoms with Gasteiger partial charge in [0.15, 0.2) is 0 Å². The molecule has 0 aliphatic carbocycles. The minimum absolute atomic E-state index is 0.0240. The molecule has 0 unspecified atom stereocenters. The van der Waals surface area contributed by atoms with E-state index in [4.69, 9.17) is 4.74 Å². The van der Waals surface area contributed by atoms with Gasteiger partial charge in [-0.1, -0.05) is 0 Å². The molecule has 3 rings (SSSR count). The van der Waals surface area contributed by atoms with Gasteiger partial charge in [-0.15, -0.1) is 0 Å². The monoisotopic (exact) mass is 368 g/mol. The lowest BCUT2D eigenvalue weighted by Gasteiger charge is -2.26. The largest absolute Gasteiger partial charge is 0.379 e. The van der Waals surface area contributed by atoms with Crippen LogP contribution >= 0.6 is 0 Å². The quantitative estimate of drug-likeness (QED) is 0.615. The molecule has 0 radical (unpaired) electrons. The molecule has 1 aliphatic heterocycles. The summed E-state index contributed by atoms with van der Waals surface area (Å²) < 4.78 is 32.7. The lowest BCUT2D eigenvalue weighted by Crippen LogP contribution is -2.40. The average Bonchev–Trinajstić information content (AvgIpc) is 2.93. The van der Waals surface area contributed by atoms with Gasteiger partial charge in [-0.3, -0.25) is 20.0 Å². The van der Waals surface area contributed by atoms with Crippen molar-refractivity contribution in [1.82, 2.24) is 14.1 Å². The fourth-order valence-electron chi connectivity index (χ4n) is 2.63. The first-order valence-electron chi connectivity index (χ1n) is 7.46. The predicted octanol–water partition coefficient (Wildman–Crippen LogP) is 0.403. The highest BCUT2D eigenvalue weighted by atomic mass is 32.2. The van der Waals surface area contributed by atoms with E-state index in [1.54, 1.807) is 6.92 Å². The number of hydrogen-bond acceptors (Lipinski definition) is 6. The smallest absolute Gasteiger partial charge is 0.296 e. The maximum Gasteiger partial charge on any atom is 0.296 e. The number of aromatic amines is 1. The first kappa shape index (κ1) is 17.3. The number of nitro groups is 1. The molecule has 1 aliphatic rings. The third-order valence-electron chi connectivity index (χ3n) is 3.84. The molecular weight excluding hydrogens is 352 g/mol. The van der Waals surface area contributed by atoms with Crippen molar-refractivity contribution in [2.45, 2.75) is 11.8 Å². The molecule has 1 aromatic carbocycles. The molecule has 0 bridgehead atoms. The third kappa shape index (κ3) is 3.21. The molecule has 0 amide bonds. The molecule has 1 saturated heterocycles. The van der Waals surface area contributed by atoms with Gasteiger partial charge in [0, 0.05) is 30.9 Å². The van der Waals surface area contributed by atoms with Gasteiger partial charge < -0.3 is 4.74 Å². The zero-order valence-corrected chi connectivity index (χ0v) is 14.2. The molecule has 0 saturated carbocycles. The van der Waals surface area contributed by atoms with Crippen LogP contribution in [0.1, 0.15) is 5.69 Å². The molecule has 25 heavy (non-hydrogen) atoms. The summed E-state index contributed by atoms with van der Waals surface area (Å²) >= 11 is 0. The van der Waals surface area contributed by atoms with Crippen molar-refractivity contribution in [2.24, 2.45) is 0 Å². The standard InChI is InChI=1S/C14H16N4O6S/c1-10-8-14(19)17(15-10)12-3-2-11(9-13(12)18(20)21)25(22,23)16-4-6-24-7-5-16/h2-3,8-9,15H,4-7H2,1H3. The molecule has 1 N–H and O–H groups in total. The number of nitrogens with zero attached hydrogens (tertiary/aromatic N) is 3. The van der Waals surface area contributed by atoms with Crippen molar-refractivity contribution in [3.8, 4) is 5.69 Å². The van der Waals surface area contributed by atoms with E-state index >= 15 is 0 Å². The molecule has 0 atom stereocenters. The first-order chi connectivity index (χ1) is 11.8. The second kappa shape index (κ2) is 6.43. The maximum atomic E-state index is 12.7. The number of benzene rings is 1. The van der Waals surface area contributed by atoms with Gasteiger partial charge in [-0.2, -0.15) is 4.31 Å². The van der Waals surface area contributed by atoms with Crippen LogP contribution in [-0.2, 0) is 14.8 Å². The van der Waals surface area contributed by atoms with Crippen LogP contribution in [0, 0.1) is 17.0 Å². The summed E-state index contributed by atoms with van der Waals surface area (Å²) in [6.45, 7) is 2.56. The number of nitrogens with one attached hydrogen (secondary N) is 1. The number of aromatic nitrogens is 2. The van der Waals surface area contributed by atoms with E-state index in [-0.39, 0.29) is 36.9 Å². The average molecular weight is 368 g/mol. The second-order valence-corrected chi connectivity index (χ2v) is 7.47. The summed E-state index contributed by atoms with van der Waals surface area (Å²) in [5.41, 5.74) is -0.434. The summed E-state index contributed by atoms with van der Waals surface area (Å²) in [6.07, 6.45) is 0.